The summed E-state index contributed by atoms with van der Waals surface area (Å²) in [7, 11) is 0. The molecular weight excluding hydrogens is 166 g/mol. The summed E-state index contributed by atoms with van der Waals surface area (Å²) in [5.41, 5.74) is 0. The van der Waals surface area contributed by atoms with Gasteiger partial charge in [0.15, 0.2) is 0 Å². The number of ether oxygens (including phenoxy) is 1. The van der Waals surface area contributed by atoms with Gasteiger partial charge in [-0.2, -0.15) is 0 Å². The minimum Gasteiger partial charge on any atom is -0.466 e. The first-order valence-corrected chi connectivity index (χ1v) is 5.19. The average molecular weight is 185 g/mol. The molecule has 0 aromatic carbocycles. The van der Waals surface area contributed by atoms with E-state index in [2.05, 4.69) is 5.32 Å². The van der Waals surface area contributed by atoms with Crippen molar-refractivity contribution < 1.29 is 9.53 Å². The monoisotopic (exact) mass is 185 g/mol. The molecule has 13 heavy (non-hydrogen) atoms. The smallest absolute Gasteiger partial charge is 0.307 e. The SMILES string of the molecule is CCNCCC(=O)OCCC1CC1. The largest absolute Gasteiger partial charge is 0.466 e. The summed E-state index contributed by atoms with van der Waals surface area (Å²) < 4.78 is 5.06. The van der Waals surface area contributed by atoms with Crippen LogP contribution in [0.15, 0.2) is 0 Å². The summed E-state index contributed by atoms with van der Waals surface area (Å²) in [6.45, 7) is 4.29. The number of hydrogen-bond acceptors (Lipinski definition) is 3. The molecule has 3 nitrogen and oxygen atoms in total. The van der Waals surface area contributed by atoms with Crippen molar-refractivity contribution in [3.05, 3.63) is 0 Å². The van der Waals surface area contributed by atoms with Gasteiger partial charge in [0, 0.05) is 6.54 Å². The zero-order valence-corrected chi connectivity index (χ0v) is 8.34. The van der Waals surface area contributed by atoms with Crippen LogP contribution in [0.4, 0.5) is 0 Å². The standard InChI is InChI=1S/C10H19NO2/c1-2-11-7-5-10(12)13-8-6-9-3-4-9/h9,11H,2-8H2,1H3. The van der Waals surface area contributed by atoms with E-state index in [-0.39, 0.29) is 5.97 Å². The first-order valence-electron chi connectivity index (χ1n) is 5.19. The number of hydrogen-bond donors (Lipinski definition) is 1. The minimum absolute atomic E-state index is 0.0680. The lowest BCUT2D eigenvalue weighted by atomic mass is 10.3. The van der Waals surface area contributed by atoms with E-state index < -0.39 is 0 Å². The Bertz CT molecular complexity index is 155. The van der Waals surface area contributed by atoms with Crippen molar-refractivity contribution in [2.75, 3.05) is 19.7 Å². The molecule has 76 valence electrons. The number of carbonyl (C=O) groups excluding carboxylic acids is 1. The zero-order valence-electron chi connectivity index (χ0n) is 8.34. The molecule has 0 atom stereocenters. The number of carbonyl (C=O) groups is 1. The quantitative estimate of drug-likeness (QED) is 0.480. The van der Waals surface area contributed by atoms with Gasteiger partial charge in [-0.05, 0) is 18.9 Å². The highest BCUT2D eigenvalue weighted by molar-refractivity contribution is 5.69. The lowest BCUT2D eigenvalue weighted by Crippen LogP contribution is -2.19. The maximum atomic E-state index is 11.1. The topological polar surface area (TPSA) is 38.3 Å². The molecule has 1 N–H and O–H groups in total. The normalized spacial score (nSPS) is 15.8. The zero-order chi connectivity index (χ0) is 9.52. The predicted octanol–water partition coefficient (Wildman–Crippen LogP) is 1.33. The Morgan fingerprint density at radius 2 is 2.31 bits per heavy atom. The Labute approximate surface area is 79.8 Å². The Hall–Kier alpha value is -0.570. The maximum absolute atomic E-state index is 11.1. The molecule has 0 unspecified atom stereocenters. The molecule has 0 bridgehead atoms. The molecular formula is C10H19NO2. The van der Waals surface area contributed by atoms with Crippen LogP contribution in [-0.2, 0) is 9.53 Å². The summed E-state index contributed by atoms with van der Waals surface area (Å²) in [4.78, 5) is 11.1. The number of rotatable bonds is 7. The van der Waals surface area contributed by atoms with Crippen LogP contribution in [0.1, 0.15) is 32.6 Å². The highest BCUT2D eigenvalue weighted by Crippen LogP contribution is 2.32. The minimum atomic E-state index is -0.0680. The van der Waals surface area contributed by atoms with Gasteiger partial charge < -0.3 is 10.1 Å². The molecule has 0 heterocycles. The van der Waals surface area contributed by atoms with E-state index in [1.807, 2.05) is 6.92 Å². The van der Waals surface area contributed by atoms with Crippen LogP contribution in [-0.4, -0.2) is 25.7 Å². The second kappa shape index (κ2) is 5.97. The molecule has 0 aromatic rings. The summed E-state index contributed by atoms with van der Waals surface area (Å²) in [5.74, 6) is 0.781. The van der Waals surface area contributed by atoms with E-state index >= 15 is 0 Å². The van der Waals surface area contributed by atoms with Crippen LogP contribution in [0.3, 0.4) is 0 Å². The number of esters is 1. The van der Waals surface area contributed by atoms with Gasteiger partial charge in [0.25, 0.3) is 0 Å². The molecule has 1 aliphatic carbocycles. The molecule has 1 fully saturated rings. The fourth-order valence-corrected chi connectivity index (χ4v) is 1.19. The molecule has 0 aromatic heterocycles. The molecule has 0 amide bonds. The Morgan fingerprint density at radius 3 is 2.92 bits per heavy atom. The summed E-state index contributed by atoms with van der Waals surface area (Å²) >= 11 is 0. The van der Waals surface area contributed by atoms with Gasteiger partial charge in [0.1, 0.15) is 0 Å². The molecule has 1 aliphatic rings. The first-order chi connectivity index (χ1) is 6.33. The van der Waals surface area contributed by atoms with Gasteiger partial charge in [-0.1, -0.05) is 19.8 Å². The van der Waals surface area contributed by atoms with Crippen LogP contribution in [0.5, 0.6) is 0 Å². The van der Waals surface area contributed by atoms with Crippen LogP contribution in [0.2, 0.25) is 0 Å². The van der Waals surface area contributed by atoms with Crippen molar-refractivity contribution in [1.82, 2.24) is 5.32 Å². The van der Waals surface area contributed by atoms with E-state index in [1.165, 1.54) is 12.8 Å². The third-order valence-corrected chi connectivity index (χ3v) is 2.24. The molecule has 1 rings (SSSR count). The molecule has 0 spiro atoms. The van der Waals surface area contributed by atoms with Crippen LogP contribution in [0.25, 0.3) is 0 Å². The van der Waals surface area contributed by atoms with Crippen molar-refractivity contribution >= 4 is 5.97 Å². The van der Waals surface area contributed by atoms with Crippen molar-refractivity contribution in [1.29, 1.82) is 0 Å². The van der Waals surface area contributed by atoms with E-state index in [0.717, 1.165) is 25.4 Å². The fourth-order valence-electron chi connectivity index (χ4n) is 1.19. The third-order valence-electron chi connectivity index (χ3n) is 2.24. The van der Waals surface area contributed by atoms with E-state index in [9.17, 15) is 4.79 Å². The van der Waals surface area contributed by atoms with E-state index in [1.54, 1.807) is 0 Å². The fraction of sp³-hybridized carbons (Fsp3) is 0.900. The van der Waals surface area contributed by atoms with Crippen LogP contribution >= 0.6 is 0 Å². The second-order valence-electron chi connectivity index (χ2n) is 3.56. The van der Waals surface area contributed by atoms with Crippen LogP contribution < -0.4 is 5.32 Å². The van der Waals surface area contributed by atoms with Gasteiger partial charge in [0.2, 0.25) is 0 Å². The lowest BCUT2D eigenvalue weighted by Gasteiger charge is -2.03. The predicted molar refractivity (Wildman–Crippen MR) is 51.5 cm³/mol. The van der Waals surface area contributed by atoms with Crippen molar-refractivity contribution in [2.24, 2.45) is 5.92 Å². The lowest BCUT2D eigenvalue weighted by molar-refractivity contribution is -0.143. The van der Waals surface area contributed by atoms with Crippen molar-refractivity contribution in [3.8, 4) is 0 Å². The van der Waals surface area contributed by atoms with Gasteiger partial charge >= 0.3 is 5.97 Å². The van der Waals surface area contributed by atoms with Crippen molar-refractivity contribution in [3.63, 3.8) is 0 Å². The summed E-state index contributed by atoms with van der Waals surface area (Å²) in [6.07, 6.45) is 4.22. The Morgan fingerprint density at radius 1 is 1.54 bits per heavy atom. The van der Waals surface area contributed by atoms with E-state index in [4.69, 9.17) is 4.74 Å². The van der Waals surface area contributed by atoms with Gasteiger partial charge in [-0.15, -0.1) is 0 Å². The third kappa shape index (κ3) is 5.64. The summed E-state index contributed by atoms with van der Waals surface area (Å²) in [5, 5.41) is 3.09. The van der Waals surface area contributed by atoms with Gasteiger partial charge in [-0.25, -0.2) is 0 Å². The Balaban J connectivity index is 1.84. The molecule has 1 saturated carbocycles. The Kier molecular flexibility index (Phi) is 4.83. The van der Waals surface area contributed by atoms with Crippen molar-refractivity contribution in [2.45, 2.75) is 32.6 Å². The molecule has 0 aliphatic heterocycles. The maximum Gasteiger partial charge on any atom is 0.307 e. The van der Waals surface area contributed by atoms with Crippen LogP contribution in [0, 0.1) is 5.92 Å². The van der Waals surface area contributed by atoms with E-state index in [0.29, 0.717) is 13.0 Å². The van der Waals surface area contributed by atoms with Gasteiger partial charge in [0.05, 0.1) is 13.0 Å². The molecule has 0 radical (unpaired) electrons. The molecule has 0 saturated heterocycles. The second-order valence-corrected chi connectivity index (χ2v) is 3.56. The van der Waals surface area contributed by atoms with Gasteiger partial charge in [-0.3, -0.25) is 4.79 Å². The average Bonchev–Trinajstić information content (AvgIpc) is 2.89. The highest BCUT2D eigenvalue weighted by Gasteiger charge is 2.20. The first kappa shape index (κ1) is 10.5. The molecule has 3 heteroatoms. The highest BCUT2D eigenvalue weighted by atomic mass is 16.5. The summed E-state index contributed by atoms with van der Waals surface area (Å²) in [6, 6.07) is 0. The number of nitrogens with one attached hydrogen (secondary N) is 1.